The predicted octanol–water partition coefficient (Wildman–Crippen LogP) is 5.88. The smallest absolute Gasteiger partial charge is 0.322 e. The van der Waals surface area contributed by atoms with Crippen LogP contribution in [0.1, 0.15) is 22.4 Å². The molecule has 0 atom stereocenters. The van der Waals surface area contributed by atoms with E-state index in [9.17, 15) is 9.59 Å². The number of ether oxygens (including phenoxy) is 1. The van der Waals surface area contributed by atoms with Gasteiger partial charge < -0.3 is 19.9 Å². The van der Waals surface area contributed by atoms with Crippen LogP contribution in [0.15, 0.2) is 70.9 Å². The highest BCUT2D eigenvalue weighted by Crippen LogP contribution is 2.20. The van der Waals surface area contributed by atoms with Crippen molar-refractivity contribution in [2.24, 2.45) is 0 Å². The van der Waals surface area contributed by atoms with E-state index in [-0.39, 0.29) is 18.5 Å². The fourth-order valence-electron chi connectivity index (χ4n) is 3.57. The van der Waals surface area contributed by atoms with Crippen LogP contribution in [0, 0.1) is 6.92 Å². The van der Waals surface area contributed by atoms with Crippen LogP contribution in [-0.2, 0) is 22.6 Å². The molecule has 0 spiro atoms. The van der Waals surface area contributed by atoms with Crippen molar-refractivity contribution in [1.29, 1.82) is 0 Å². The Hall–Kier alpha value is -2.81. The van der Waals surface area contributed by atoms with Crippen LogP contribution in [0.25, 0.3) is 0 Å². The zero-order valence-electron chi connectivity index (χ0n) is 20.5. The minimum Gasteiger partial charge on any atom is -0.385 e. The molecule has 3 aromatic rings. The second-order valence-electron chi connectivity index (χ2n) is 8.19. The van der Waals surface area contributed by atoms with Gasteiger partial charge in [0.1, 0.15) is 6.54 Å². The summed E-state index contributed by atoms with van der Waals surface area (Å²) in [6, 6.07) is 19.4. The van der Waals surface area contributed by atoms with Gasteiger partial charge in [-0.05, 0) is 66.4 Å². The topological polar surface area (TPSA) is 61.9 Å². The lowest BCUT2D eigenvalue weighted by atomic mass is 10.2. The third-order valence-corrected chi connectivity index (χ3v) is 7.35. The molecule has 1 heterocycles. The van der Waals surface area contributed by atoms with Gasteiger partial charge in [-0.2, -0.15) is 0 Å². The number of aryl methyl sites for hydroxylation is 1. The number of benzene rings is 2. The van der Waals surface area contributed by atoms with Crippen molar-refractivity contribution in [3.63, 3.8) is 0 Å². The Morgan fingerprint density at radius 2 is 1.74 bits per heavy atom. The van der Waals surface area contributed by atoms with Crippen LogP contribution in [0.5, 0.6) is 0 Å². The first kappa shape index (κ1) is 26.8. The SMILES string of the molecule is COCCCN(CC(=O)N(Cc1ccccc1)Cc1sccc1C)C(=O)Nc1ccc(SC)cc1. The van der Waals surface area contributed by atoms with Crippen molar-refractivity contribution in [2.75, 3.05) is 38.4 Å². The monoisotopic (exact) mass is 511 g/mol. The lowest BCUT2D eigenvalue weighted by molar-refractivity contribution is -0.133. The average molecular weight is 512 g/mol. The molecule has 6 nitrogen and oxygen atoms in total. The maximum absolute atomic E-state index is 13.5. The van der Waals surface area contributed by atoms with E-state index >= 15 is 0 Å². The largest absolute Gasteiger partial charge is 0.385 e. The summed E-state index contributed by atoms with van der Waals surface area (Å²) in [4.78, 5) is 32.4. The summed E-state index contributed by atoms with van der Waals surface area (Å²) >= 11 is 3.29. The molecule has 0 unspecified atom stereocenters. The van der Waals surface area contributed by atoms with E-state index in [1.165, 1.54) is 5.56 Å². The lowest BCUT2D eigenvalue weighted by Crippen LogP contribution is -2.44. The number of carbonyl (C=O) groups excluding carboxylic acids is 2. The number of anilines is 1. The molecule has 35 heavy (non-hydrogen) atoms. The molecule has 0 aliphatic heterocycles. The van der Waals surface area contributed by atoms with Gasteiger partial charge in [0.25, 0.3) is 0 Å². The van der Waals surface area contributed by atoms with Gasteiger partial charge in [0.2, 0.25) is 5.91 Å². The second kappa shape index (κ2) is 13.9. The Bertz CT molecular complexity index is 1070. The van der Waals surface area contributed by atoms with E-state index in [2.05, 4.69) is 18.3 Å². The van der Waals surface area contributed by atoms with E-state index < -0.39 is 0 Å². The summed E-state index contributed by atoms with van der Waals surface area (Å²) < 4.78 is 5.18. The quantitative estimate of drug-likeness (QED) is 0.244. The maximum Gasteiger partial charge on any atom is 0.322 e. The Morgan fingerprint density at radius 3 is 2.37 bits per heavy atom. The Kier molecular flexibility index (Phi) is 10.7. The molecule has 1 N–H and O–H groups in total. The molecule has 186 valence electrons. The molecule has 0 fully saturated rings. The van der Waals surface area contributed by atoms with Crippen LogP contribution in [0.4, 0.5) is 10.5 Å². The number of nitrogens with one attached hydrogen (secondary N) is 1. The molecule has 2 aromatic carbocycles. The summed E-state index contributed by atoms with van der Waals surface area (Å²) in [5, 5.41) is 4.98. The maximum atomic E-state index is 13.5. The molecule has 0 saturated heterocycles. The van der Waals surface area contributed by atoms with Gasteiger partial charge in [0.15, 0.2) is 0 Å². The van der Waals surface area contributed by atoms with Crippen LogP contribution < -0.4 is 5.32 Å². The highest BCUT2D eigenvalue weighted by atomic mass is 32.2. The number of rotatable bonds is 12. The molecular weight excluding hydrogens is 478 g/mol. The Morgan fingerprint density at radius 1 is 1.00 bits per heavy atom. The normalized spacial score (nSPS) is 10.7. The first-order valence-electron chi connectivity index (χ1n) is 11.5. The van der Waals surface area contributed by atoms with Crippen molar-refractivity contribution in [3.8, 4) is 0 Å². The highest BCUT2D eigenvalue weighted by Gasteiger charge is 2.22. The summed E-state index contributed by atoms with van der Waals surface area (Å²) in [6.45, 7) is 4.00. The van der Waals surface area contributed by atoms with Gasteiger partial charge >= 0.3 is 6.03 Å². The lowest BCUT2D eigenvalue weighted by Gasteiger charge is -2.28. The van der Waals surface area contributed by atoms with Crippen molar-refractivity contribution in [1.82, 2.24) is 9.80 Å². The number of nitrogens with zero attached hydrogens (tertiary/aromatic N) is 2. The number of thioether (sulfide) groups is 1. The molecular formula is C27H33N3O3S2. The molecule has 3 rings (SSSR count). The van der Waals surface area contributed by atoms with Gasteiger partial charge in [0, 0.05) is 42.3 Å². The summed E-state index contributed by atoms with van der Waals surface area (Å²) in [5.41, 5.74) is 2.93. The fourth-order valence-corrected chi connectivity index (χ4v) is 4.90. The van der Waals surface area contributed by atoms with Crippen LogP contribution >= 0.6 is 23.1 Å². The van der Waals surface area contributed by atoms with Crippen molar-refractivity contribution < 1.29 is 14.3 Å². The molecule has 3 amide bonds. The predicted molar refractivity (Wildman–Crippen MR) is 145 cm³/mol. The van der Waals surface area contributed by atoms with E-state index in [1.54, 1.807) is 35.1 Å². The number of amides is 3. The van der Waals surface area contributed by atoms with Gasteiger partial charge in [-0.25, -0.2) is 4.79 Å². The van der Waals surface area contributed by atoms with Gasteiger partial charge in [-0.3, -0.25) is 4.79 Å². The average Bonchev–Trinajstić information content (AvgIpc) is 3.28. The van der Waals surface area contributed by atoms with Crippen molar-refractivity contribution in [3.05, 3.63) is 82.0 Å². The molecule has 0 aliphatic rings. The minimum absolute atomic E-state index is 0.00427. The molecule has 0 bridgehead atoms. The zero-order valence-corrected chi connectivity index (χ0v) is 22.2. The third-order valence-electron chi connectivity index (χ3n) is 5.60. The van der Waals surface area contributed by atoms with Gasteiger partial charge in [0.05, 0.1) is 6.54 Å². The standard InChI is InChI=1S/C27H33N3O3S2/c1-21-14-17-35-25(21)19-30(18-22-8-5-4-6-9-22)26(31)20-29(15-7-16-33-2)27(32)28-23-10-12-24(34-3)13-11-23/h4-6,8-14,17H,7,15-16,18-20H2,1-3H3,(H,28,32). The third kappa shape index (κ3) is 8.42. The highest BCUT2D eigenvalue weighted by molar-refractivity contribution is 7.98. The number of urea groups is 1. The first-order chi connectivity index (χ1) is 17.0. The number of methoxy groups -OCH3 is 1. The molecule has 0 saturated carbocycles. The number of hydrogen-bond donors (Lipinski definition) is 1. The summed E-state index contributed by atoms with van der Waals surface area (Å²) in [7, 11) is 1.63. The number of carbonyl (C=O) groups is 2. The summed E-state index contributed by atoms with van der Waals surface area (Å²) in [6.07, 6.45) is 2.65. The first-order valence-corrected chi connectivity index (χ1v) is 13.6. The van der Waals surface area contributed by atoms with E-state index in [4.69, 9.17) is 4.74 Å². The van der Waals surface area contributed by atoms with E-state index in [0.717, 1.165) is 15.3 Å². The zero-order chi connectivity index (χ0) is 25.0. The fraction of sp³-hybridized carbons (Fsp3) is 0.333. The van der Waals surface area contributed by atoms with Gasteiger partial charge in [-0.1, -0.05) is 30.3 Å². The van der Waals surface area contributed by atoms with E-state index in [0.29, 0.717) is 38.3 Å². The van der Waals surface area contributed by atoms with E-state index in [1.807, 2.05) is 71.1 Å². The van der Waals surface area contributed by atoms with Crippen LogP contribution in [-0.4, -0.2) is 54.8 Å². The number of thiophene rings is 1. The van der Waals surface area contributed by atoms with Crippen LogP contribution in [0.3, 0.4) is 0 Å². The van der Waals surface area contributed by atoms with Gasteiger partial charge in [-0.15, -0.1) is 23.1 Å². The van der Waals surface area contributed by atoms with Crippen molar-refractivity contribution >= 4 is 40.7 Å². The summed E-state index contributed by atoms with van der Waals surface area (Å²) in [5.74, 6) is -0.0908. The van der Waals surface area contributed by atoms with Crippen molar-refractivity contribution in [2.45, 2.75) is 31.3 Å². The molecule has 8 heteroatoms. The Labute approximate surface area is 216 Å². The number of hydrogen-bond acceptors (Lipinski definition) is 5. The Balaban J connectivity index is 1.75. The second-order valence-corrected chi connectivity index (χ2v) is 10.1. The van der Waals surface area contributed by atoms with Crippen LogP contribution in [0.2, 0.25) is 0 Å². The molecule has 0 radical (unpaired) electrons. The molecule has 1 aromatic heterocycles. The minimum atomic E-state index is -0.293. The molecule has 0 aliphatic carbocycles.